The van der Waals surface area contributed by atoms with Gasteiger partial charge < -0.3 is 0 Å². The SMILES string of the molecule is CC(NS(=O)(=O)CCCCCl)c1cn[nH]c1. The van der Waals surface area contributed by atoms with Crippen molar-refractivity contribution in [1.82, 2.24) is 14.9 Å². The second kappa shape index (κ2) is 6.22. The normalized spacial score (nSPS) is 13.9. The van der Waals surface area contributed by atoms with Gasteiger partial charge in [-0.05, 0) is 19.8 Å². The van der Waals surface area contributed by atoms with Gasteiger partial charge in [0.2, 0.25) is 10.0 Å². The summed E-state index contributed by atoms with van der Waals surface area (Å²) in [5, 5.41) is 6.42. The highest BCUT2D eigenvalue weighted by Gasteiger charge is 2.15. The summed E-state index contributed by atoms with van der Waals surface area (Å²) in [6, 6.07) is -0.264. The van der Waals surface area contributed by atoms with Crippen molar-refractivity contribution in [3.8, 4) is 0 Å². The van der Waals surface area contributed by atoms with Gasteiger partial charge >= 0.3 is 0 Å². The van der Waals surface area contributed by atoms with Crippen molar-refractivity contribution in [2.75, 3.05) is 11.6 Å². The maximum Gasteiger partial charge on any atom is 0.212 e. The minimum absolute atomic E-state index is 0.113. The van der Waals surface area contributed by atoms with Crippen molar-refractivity contribution >= 4 is 21.6 Å². The van der Waals surface area contributed by atoms with E-state index in [0.29, 0.717) is 18.7 Å². The van der Waals surface area contributed by atoms with Crippen LogP contribution < -0.4 is 4.72 Å². The Bertz CT molecular complexity index is 391. The molecule has 1 aromatic rings. The number of alkyl halides is 1. The van der Waals surface area contributed by atoms with Gasteiger partial charge in [0, 0.05) is 23.7 Å². The number of hydrogen-bond donors (Lipinski definition) is 2. The molecule has 0 fully saturated rings. The second-order valence-electron chi connectivity index (χ2n) is 3.59. The molecule has 0 amide bonds. The molecule has 0 saturated carbocycles. The Morgan fingerprint density at radius 3 is 2.88 bits per heavy atom. The molecule has 2 N–H and O–H groups in total. The Hall–Kier alpha value is -0.590. The van der Waals surface area contributed by atoms with Gasteiger partial charge in [0.1, 0.15) is 0 Å². The molecule has 5 nitrogen and oxygen atoms in total. The van der Waals surface area contributed by atoms with Crippen LogP contribution in [0.5, 0.6) is 0 Å². The summed E-state index contributed by atoms with van der Waals surface area (Å²) >= 11 is 5.49. The fourth-order valence-electron chi connectivity index (χ4n) is 1.28. The molecule has 0 spiro atoms. The summed E-state index contributed by atoms with van der Waals surface area (Å²) < 4.78 is 25.8. The quantitative estimate of drug-likeness (QED) is 0.578. The first-order chi connectivity index (χ1) is 7.55. The third-order valence-electron chi connectivity index (χ3n) is 2.17. The van der Waals surface area contributed by atoms with Crippen LogP contribution in [-0.2, 0) is 10.0 Å². The molecule has 16 heavy (non-hydrogen) atoms. The second-order valence-corrected chi connectivity index (χ2v) is 5.84. The number of unbranched alkanes of at least 4 members (excludes halogenated alkanes) is 1. The summed E-state index contributed by atoms with van der Waals surface area (Å²) in [5.74, 6) is 0.606. The van der Waals surface area contributed by atoms with Gasteiger partial charge in [0.25, 0.3) is 0 Å². The van der Waals surface area contributed by atoms with Gasteiger partial charge in [-0.25, -0.2) is 13.1 Å². The first kappa shape index (κ1) is 13.5. The molecule has 7 heteroatoms. The number of H-pyrrole nitrogens is 1. The molecule has 1 rings (SSSR count). The minimum atomic E-state index is -3.23. The van der Waals surface area contributed by atoms with E-state index in [2.05, 4.69) is 14.9 Å². The third kappa shape index (κ3) is 4.51. The Morgan fingerprint density at radius 1 is 1.56 bits per heavy atom. The van der Waals surface area contributed by atoms with E-state index in [1.54, 1.807) is 19.3 Å². The standard InChI is InChI=1S/C9H16ClN3O2S/c1-8(9-6-11-12-7-9)13-16(14,15)5-3-2-4-10/h6-8,13H,2-5H2,1H3,(H,11,12). The maximum absolute atomic E-state index is 11.6. The largest absolute Gasteiger partial charge is 0.285 e. The molecule has 1 heterocycles. The molecular formula is C9H16ClN3O2S. The molecule has 0 bridgehead atoms. The summed E-state index contributed by atoms with van der Waals surface area (Å²) in [5.41, 5.74) is 0.820. The van der Waals surface area contributed by atoms with Gasteiger partial charge in [-0.2, -0.15) is 5.10 Å². The summed E-state index contributed by atoms with van der Waals surface area (Å²) in [6.07, 6.45) is 4.57. The fourth-order valence-corrected chi connectivity index (χ4v) is 2.85. The maximum atomic E-state index is 11.6. The molecule has 0 aliphatic carbocycles. The van der Waals surface area contributed by atoms with Crippen molar-refractivity contribution in [3.63, 3.8) is 0 Å². The topological polar surface area (TPSA) is 74.8 Å². The van der Waals surface area contributed by atoms with Gasteiger partial charge in [-0.15, -0.1) is 11.6 Å². The summed E-state index contributed by atoms with van der Waals surface area (Å²) in [4.78, 5) is 0. The molecule has 0 aliphatic rings. The highest BCUT2D eigenvalue weighted by Crippen LogP contribution is 2.11. The molecule has 0 radical (unpaired) electrons. The molecule has 0 aromatic carbocycles. The summed E-state index contributed by atoms with van der Waals surface area (Å²) in [7, 11) is -3.23. The number of nitrogens with one attached hydrogen (secondary N) is 2. The average Bonchev–Trinajstić information content (AvgIpc) is 2.69. The van der Waals surface area contributed by atoms with E-state index in [9.17, 15) is 8.42 Å². The van der Waals surface area contributed by atoms with Gasteiger partial charge in [0.05, 0.1) is 11.9 Å². The molecule has 92 valence electrons. The predicted molar refractivity (Wildman–Crippen MR) is 63.9 cm³/mol. The lowest BCUT2D eigenvalue weighted by Crippen LogP contribution is -2.29. The highest BCUT2D eigenvalue weighted by atomic mass is 35.5. The van der Waals surface area contributed by atoms with Crippen LogP contribution in [0.15, 0.2) is 12.4 Å². The molecule has 0 saturated heterocycles. The zero-order valence-corrected chi connectivity index (χ0v) is 10.7. The third-order valence-corrected chi connectivity index (χ3v) is 3.98. The zero-order chi connectivity index (χ0) is 12.0. The lowest BCUT2D eigenvalue weighted by molar-refractivity contribution is 0.564. The van der Waals surface area contributed by atoms with Crippen LogP contribution in [0.1, 0.15) is 31.4 Å². The van der Waals surface area contributed by atoms with E-state index < -0.39 is 10.0 Å². The molecular weight excluding hydrogens is 250 g/mol. The lowest BCUT2D eigenvalue weighted by Gasteiger charge is -2.12. The van der Waals surface area contributed by atoms with E-state index in [-0.39, 0.29) is 11.8 Å². The van der Waals surface area contributed by atoms with Gasteiger partial charge in [-0.3, -0.25) is 5.10 Å². The predicted octanol–water partition coefficient (Wildman–Crippen LogP) is 1.41. The van der Waals surface area contributed by atoms with Crippen LogP contribution in [-0.4, -0.2) is 30.2 Å². The van der Waals surface area contributed by atoms with Crippen molar-refractivity contribution in [3.05, 3.63) is 18.0 Å². The van der Waals surface area contributed by atoms with Crippen LogP contribution in [0, 0.1) is 0 Å². The van der Waals surface area contributed by atoms with E-state index in [1.807, 2.05) is 0 Å². The van der Waals surface area contributed by atoms with Crippen LogP contribution >= 0.6 is 11.6 Å². The van der Waals surface area contributed by atoms with E-state index in [0.717, 1.165) is 5.56 Å². The number of rotatable bonds is 7. The first-order valence-corrected chi connectivity index (χ1v) is 7.28. The zero-order valence-electron chi connectivity index (χ0n) is 9.11. The number of aromatic nitrogens is 2. The number of nitrogens with zero attached hydrogens (tertiary/aromatic N) is 1. The Labute approximate surface area is 101 Å². The summed E-state index contributed by atoms with van der Waals surface area (Å²) in [6.45, 7) is 1.78. The fraction of sp³-hybridized carbons (Fsp3) is 0.667. The molecule has 1 unspecified atom stereocenters. The Kier molecular flexibility index (Phi) is 5.24. The molecule has 1 atom stereocenters. The van der Waals surface area contributed by atoms with E-state index >= 15 is 0 Å². The van der Waals surface area contributed by atoms with Crippen LogP contribution in [0.25, 0.3) is 0 Å². The monoisotopic (exact) mass is 265 g/mol. The Balaban J connectivity index is 2.46. The average molecular weight is 266 g/mol. The smallest absolute Gasteiger partial charge is 0.212 e. The number of hydrogen-bond acceptors (Lipinski definition) is 3. The molecule has 0 aliphatic heterocycles. The van der Waals surface area contributed by atoms with Crippen molar-refractivity contribution in [2.24, 2.45) is 0 Å². The van der Waals surface area contributed by atoms with Crippen LogP contribution in [0.4, 0.5) is 0 Å². The van der Waals surface area contributed by atoms with Crippen molar-refractivity contribution in [1.29, 1.82) is 0 Å². The van der Waals surface area contributed by atoms with E-state index in [1.165, 1.54) is 0 Å². The first-order valence-electron chi connectivity index (χ1n) is 5.10. The van der Waals surface area contributed by atoms with Crippen LogP contribution in [0.3, 0.4) is 0 Å². The highest BCUT2D eigenvalue weighted by molar-refractivity contribution is 7.89. The van der Waals surface area contributed by atoms with E-state index in [4.69, 9.17) is 11.6 Å². The van der Waals surface area contributed by atoms with Crippen molar-refractivity contribution in [2.45, 2.75) is 25.8 Å². The number of halogens is 1. The molecule has 1 aromatic heterocycles. The number of aromatic amines is 1. The lowest BCUT2D eigenvalue weighted by atomic mass is 10.2. The van der Waals surface area contributed by atoms with Crippen LogP contribution in [0.2, 0.25) is 0 Å². The minimum Gasteiger partial charge on any atom is -0.285 e. The van der Waals surface area contributed by atoms with Gasteiger partial charge in [-0.1, -0.05) is 0 Å². The number of sulfonamides is 1. The van der Waals surface area contributed by atoms with Gasteiger partial charge in [0.15, 0.2) is 0 Å². The van der Waals surface area contributed by atoms with Crippen molar-refractivity contribution < 1.29 is 8.42 Å². The Morgan fingerprint density at radius 2 is 2.31 bits per heavy atom.